The minimum absolute atomic E-state index is 0.0650. The molecule has 1 unspecified atom stereocenters. The molecule has 1 aromatic heterocycles. The summed E-state index contributed by atoms with van der Waals surface area (Å²) in [4.78, 5) is 12.9. The molecule has 0 aliphatic heterocycles. The number of carbonyl (C=O) groups is 1. The van der Waals surface area contributed by atoms with E-state index in [1.54, 1.807) is 23.0 Å². The fourth-order valence-electron chi connectivity index (χ4n) is 3.42. The van der Waals surface area contributed by atoms with Crippen LogP contribution in [0.4, 0.5) is 8.78 Å². The average molecular weight is 433 g/mol. The van der Waals surface area contributed by atoms with Gasteiger partial charge in [-0.3, -0.25) is 4.79 Å². The first kappa shape index (κ1) is 21.2. The summed E-state index contributed by atoms with van der Waals surface area (Å²) in [5.74, 6) is -0.116. The third-order valence-corrected chi connectivity index (χ3v) is 4.90. The Hall–Kier alpha value is -4.00. The number of benzene rings is 3. The number of amides is 1. The smallest absolute Gasteiger partial charge is 0.387 e. The molecule has 32 heavy (non-hydrogen) atoms. The van der Waals surface area contributed by atoms with Gasteiger partial charge in [0.05, 0.1) is 24.3 Å². The number of nitrogens with zero attached hydrogens (tertiary/aromatic N) is 2. The van der Waals surface area contributed by atoms with Crippen LogP contribution in [0, 0.1) is 0 Å². The van der Waals surface area contributed by atoms with Crippen LogP contribution in [-0.2, 0) is 11.2 Å². The lowest BCUT2D eigenvalue weighted by atomic mass is 9.98. The molecule has 1 atom stereocenters. The summed E-state index contributed by atoms with van der Waals surface area (Å²) < 4.78 is 31.0. The molecule has 1 heterocycles. The third-order valence-electron chi connectivity index (χ3n) is 4.90. The molecule has 0 fully saturated rings. The van der Waals surface area contributed by atoms with Crippen molar-refractivity contribution in [3.05, 3.63) is 114 Å². The molecule has 0 bridgehead atoms. The zero-order chi connectivity index (χ0) is 22.3. The maximum absolute atomic E-state index is 12.9. The largest absolute Gasteiger partial charge is 0.435 e. The molecule has 4 aromatic rings. The van der Waals surface area contributed by atoms with E-state index in [1.165, 1.54) is 12.1 Å². The van der Waals surface area contributed by atoms with Crippen molar-refractivity contribution in [1.29, 1.82) is 0 Å². The number of para-hydroxylation sites is 1. The van der Waals surface area contributed by atoms with E-state index in [4.69, 9.17) is 0 Å². The molecule has 0 radical (unpaired) electrons. The number of carbonyl (C=O) groups excluding carboxylic acids is 1. The monoisotopic (exact) mass is 433 g/mol. The normalized spacial score (nSPS) is 11.8. The maximum Gasteiger partial charge on any atom is 0.387 e. The predicted octanol–water partition coefficient (Wildman–Crippen LogP) is 4.92. The van der Waals surface area contributed by atoms with Crippen molar-refractivity contribution in [3.8, 4) is 11.4 Å². The van der Waals surface area contributed by atoms with E-state index in [0.717, 1.165) is 22.4 Å². The standard InChI is InChI=1S/C25H21F2N3O2/c26-25(27)32-22-13-11-20(12-14-22)24(19-7-3-1-4-8-19)29-23(31)15-18-16-28-30(17-18)21-9-5-2-6-10-21/h1-14,16-17,24-25H,15H2,(H,29,31). The van der Waals surface area contributed by atoms with E-state index < -0.39 is 12.7 Å². The van der Waals surface area contributed by atoms with Gasteiger partial charge < -0.3 is 10.1 Å². The highest BCUT2D eigenvalue weighted by Gasteiger charge is 2.18. The number of ether oxygens (including phenoxy) is 1. The molecule has 3 aromatic carbocycles. The molecule has 0 spiro atoms. The van der Waals surface area contributed by atoms with E-state index >= 15 is 0 Å². The van der Waals surface area contributed by atoms with Gasteiger partial charge in [-0.1, -0.05) is 60.7 Å². The lowest BCUT2D eigenvalue weighted by molar-refractivity contribution is -0.120. The van der Waals surface area contributed by atoms with Crippen molar-refractivity contribution in [2.75, 3.05) is 0 Å². The topological polar surface area (TPSA) is 56.2 Å². The lowest BCUT2D eigenvalue weighted by Gasteiger charge is -2.20. The molecule has 1 amide bonds. The molecule has 7 heteroatoms. The van der Waals surface area contributed by atoms with E-state index in [-0.39, 0.29) is 18.1 Å². The minimum atomic E-state index is -2.89. The van der Waals surface area contributed by atoms with E-state index in [0.29, 0.717) is 0 Å². The average Bonchev–Trinajstić information content (AvgIpc) is 3.27. The molecule has 162 valence electrons. The van der Waals surface area contributed by atoms with Gasteiger partial charge in [0.2, 0.25) is 5.91 Å². The van der Waals surface area contributed by atoms with Crippen LogP contribution >= 0.6 is 0 Å². The Morgan fingerprint density at radius 2 is 1.53 bits per heavy atom. The number of rotatable bonds is 8. The van der Waals surface area contributed by atoms with E-state index in [9.17, 15) is 13.6 Å². The van der Waals surface area contributed by atoms with Crippen molar-refractivity contribution in [1.82, 2.24) is 15.1 Å². The Labute approximate surface area is 184 Å². The highest BCUT2D eigenvalue weighted by atomic mass is 19.3. The molecule has 0 aliphatic rings. The zero-order valence-electron chi connectivity index (χ0n) is 17.1. The quantitative estimate of drug-likeness (QED) is 0.429. The highest BCUT2D eigenvalue weighted by Crippen LogP contribution is 2.25. The number of hydrogen-bond acceptors (Lipinski definition) is 3. The Balaban J connectivity index is 1.50. The van der Waals surface area contributed by atoms with Gasteiger partial charge in [0.15, 0.2) is 0 Å². The summed E-state index contributed by atoms with van der Waals surface area (Å²) in [6, 6.07) is 24.9. The molecule has 0 saturated heterocycles. The van der Waals surface area contributed by atoms with Crippen molar-refractivity contribution in [3.63, 3.8) is 0 Å². The Morgan fingerprint density at radius 3 is 2.19 bits per heavy atom. The van der Waals surface area contributed by atoms with Gasteiger partial charge in [0.1, 0.15) is 5.75 Å². The number of hydrogen-bond donors (Lipinski definition) is 1. The summed E-state index contributed by atoms with van der Waals surface area (Å²) in [6.07, 6.45) is 3.65. The summed E-state index contributed by atoms with van der Waals surface area (Å²) in [5.41, 5.74) is 3.32. The summed E-state index contributed by atoms with van der Waals surface area (Å²) >= 11 is 0. The van der Waals surface area contributed by atoms with E-state index in [1.807, 2.05) is 66.9 Å². The molecule has 4 rings (SSSR count). The van der Waals surface area contributed by atoms with Crippen LogP contribution in [0.25, 0.3) is 5.69 Å². The first-order valence-corrected chi connectivity index (χ1v) is 10.1. The maximum atomic E-state index is 12.9. The summed E-state index contributed by atoms with van der Waals surface area (Å²) in [6.45, 7) is -2.89. The molecular weight excluding hydrogens is 412 g/mol. The molecule has 0 saturated carbocycles. The summed E-state index contributed by atoms with van der Waals surface area (Å²) in [7, 11) is 0. The number of aromatic nitrogens is 2. The SMILES string of the molecule is O=C(Cc1cnn(-c2ccccc2)c1)NC(c1ccccc1)c1ccc(OC(F)F)cc1. The number of nitrogens with one attached hydrogen (secondary N) is 1. The molecule has 5 nitrogen and oxygen atoms in total. The fraction of sp³-hybridized carbons (Fsp3) is 0.120. The fourth-order valence-corrected chi connectivity index (χ4v) is 3.42. The van der Waals surface area contributed by atoms with Crippen LogP contribution in [0.5, 0.6) is 5.75 Å². The van der Waals surface area contributed by atoms with Crippen molar-refractivity contribution < 1.29 is 18.3 Å². The van der Waals surface area contributed by atoms with Crippen molar-refractivity contribution in [2.24, 2.45) is 0 Å². The Kier molecular flexibility index (Phi) is 6.55. The van der Waals surface area contributed by atoms with Gasteiger partial charge in [-0.25, -0.2) is 4.68 Å². The predicted molar refractivity (Wildman–Crippen MR) is 117 cm³/mol. The van der Waals surface area contributed by atoms with Gasteiger partial charge in [-0.15, -0.1) is 0 Å². The zero-order valence-corrected chi connectivity index (χ0v) is 17.1. The van der Waals surface area contributed by atoms with Gasteiger partial charge in [0.25, 0.3) is 0 Å². The van der Waals surface area contributed by atoms with Gasteiger partial charge in [0, 0.05) is 6.20 Å². The van der Waals surface area contributed by atoms with E-state index in [2.05, 4.69) is 15.2 Å². The first-order chi connectivity index (χ1) is 15.6. The minimum Gasteiger partial charge on any atom is -0.435 e. The van der Waals surface area contributed by atoms with Crippen molar-refractivity contribution >= 4 is 5.91 Å². The van der Waals surface area contributed by atoms with Crippen LogP contribution < -0.4 is 10.1 Å². The lowest BCUT2D eigenvalue weighted by Crippen LogP contribution is -2.30. The van der Waals surface area contributed by atoms with Crippen LogP contribution in [0.3, 0.4) is 0 Å². The van der Waals surface area contributed by atoms with Gasteiger partial charge >= 0.3 is 6.61 Å². The second-order valence-corrected chi connectivity index (χ2v) is 7.16. The number of alkyl halides is 2. The third kappa shape index (κ3) is 5.37. The molecular formula is C25H21F2N3O2. The van der Waals surface area contributed by atoms with Crippen LogP contribution in [0.2, 0.25) is 0 Å². The van der Waals surface area contributed by atoms with Crippen LogP contribution in [0.15, 0.2) is 97.3 Å². The second-order valence-electron chi connectivity index (χ2n) is 7.16. The molecule has 1 N–H and O–H groups in total. The van der Waals surface area contributed by atoms with Crippen LogP contribution in [-0.4, -0.2) is 22.3 Å². The van der Waals surface area contributed by atoms with Crippen molar-refractivity contribution in [2.45, 2.75) is 19.1 Å². The van der Waals surface area contributed by atoms with Crippen LogP contribution in [0.1, 0.15) is 22.7 Å². The Morgan fingerprint density at radius 1 is 0.906 bits per heavy atom. The summed E-state index contributed by atoms with van der Waals surface area (Å²) in [5, 5.41) is 7.37. The highest BCUT2D eigenvalue weighted by molar-refractivity contribution is 5.79. The van der Waals surface area contributed by atoms with Gasteiger partial charge in [-0.2, -0.15) is 13.9 Å². The molecule has 0 aliphatic carbocycles. The number of halogens is 2. The Bertz CT molecular complexity index is 1150. The second kappa shape index (κ2) is 9.87. The van der Waals surface area contributed by atoms with Gasteiger partial charge in [-0.05, 0) is 41.0 Å². The first-order valence-electron chi connectivity index (χ1n) is 10.1.